The van der Waals surface area contributed by atoms with Crippen LogP contribution < -0.4 is 11.6 Å². The minimum atomic E-state index is -2.84. The molecule has 0 aliphatic heterocycles. The molecule has 1 fully saturated rings. The minimum Gasteiger partial charge on any atom is -0.478 e. The number of rotatable bonds is 6. The summed E-state index contributed by atoms with van der Waals surface area (Å²) in [7, 11) is 1.64. The van der Waals surface area contributed by atoms with Crippen molar-refractivity contribution in [3.63, 3.8) is 0 Å². The van der Waals surface area contributed by atoms with E-state index < -0.39 is 30.4 Å². The van der Waals surface area contributed by atoms with Crippen molar-refractivity contribution in [3.8, 4) is 11.1 Å². The topological polar surface area (TPSA) is 110 Å². The molecular weight excluding hydrogens is 459 g/mol. The Bertz CT molecular complexity index is 1280. The van der Waals surface area contributed by atoms with Gasteiger partial charge in [-0.2, -0.15) is 0 Å². The van der Waals surface area contributed by atoms with Crippen molar-refractivity contribution in [2.45, 2.75) is 50.7 Å². The maximum absolute atomic E-state index is 15.7. The van der Waals surface area contributed by atoms with Crippen LogP contribution in [0, 0.1) is 0 Å². The van der Waals surface area contributed by atoms with Gasteiger partial charge in [0.2, 0.25) is 5.92 Å². The van der Waals surface area contributed by atoms with Crippen molar-refractivity contribution >= 4 is 22.7 Å². The minimum absolute atomic E-state index is 0.114. The summed E-state index contributed by atoms with van der Waals surface area (Å²) in [5.41, 5.74) is 8.54. The first kappa shape index (κ1) is 24.6. The van der Waals surface area contributed by atoms with Gasteiger partial charge in [-0.15, -0.1) is 0 Å². The quantitative estimate of drug-likeness (QED) is 0.341. The van der Waals surface area contributed by atoms with E-state index in [1.807, 2.05) is 0 Å². The lowest BCUT2D eigenvalue weighted by Gasteiger charge is -2.34. The third-order valence-electron chi connectivity index (χ3n) is 6.49. The van der Waals surface area contributed by atoms with Gasteiger partial charge in [0.05, 0.1) is 28.8 Å². The maximum atomic E-state index is 15.7. The number of aromatic nitrogens is 2. The predicted molar refractivity (Wildman–Crippen MR) is 128 cm³/mol. The van der Waals surface area contributed by atoms with Gasteiger partial charge in [0.15, 0.2) is 0 Å². The molecule has 0 radical (unpaired) electrons. The average molecular weight is 488 g/mol. The summed E-state index contributed by atoms with van der Waals surface area (Å²) in [5, 5.41) is 10.6. The summed E-state index contributed by atoms with van der Waals surface area (Å²) in [5.74, 6) is 2.08. The Morgan fingerprint density at radius 2 is 1.77 bits per heavy atom. The Kier molecular flexibility index (Phi) is 6.27. The number of hydrogen-bond acceptors (Lipinski definition) is 5. The van der Waals surface area contributed by atoms with Crippen LogP contribution in [0.2, 0.25) is 0 Å². The number of fused-ring (bicyclic) bond motifs is 1. The molecule has 35 heavy (non-hydrogen) atoms. The molecule has 1 aromatic carbocycles. The monoisotopic (exact) mass is 487 g/mol. The highest BCUT2D eigenvalue weighted by atomic mass is 19.3. The van der Waals surface area contributed by atoms with Crippen molar-refractivity contribution in [2.24, 2.45) is 11.6 Å². The highest BCUT2D eigenvalue weighted by Crippen LogP contribution is 2.42. The summed E-state index contributed by atoms with van der Waals surface area (Å²) < 4.78 is 44.8. The van der Waals surface area contributed by atoms with E-state index in [-0.39, 0.29) is 24.9 Å². The fourth-order valence-corrected chi connectivity index (χ4v) is 4.67. The molecule has 0 atom stereocenters. The van der Waals surface area contributed by atoms with Gasteiger partial charge < -0.3 is 20.4 Å². The molecule has 10 heteroatoms. The summed E-state index contributed by atoms with van der Waals surface area (Å²) in [6, 6.07) is 8.09. The summed E-state index contributed by atoms with van der Waals surface area (Å²) in [6.07, 6.45) is 1.88. The third-order valence-corrected chi connectivity index (χ3v) is 6.49. The van der Waals surface area contributed by atoms with Crippen molar-refractivity contribution < 1.29 is 23.1 Å². The fourth-order valence-electron chi connectivity index (χ4n) is 4.67. The van der Waals surface area contributed by atoms with Crippen molar-refractivity contribution in [3.05, 3.63) is 59.5 Å². The van der Waals surface area contributed by atoms with Crippen LogP contribution in [0.4, 0.5) is 13.2 Å². The SMILES string of the molecule is C/C(N)=C(\c1cnc2c(-c3ccc(C(=O)O)cc3)cn(CC3(F)CCC(F)(F)CC3)c2c1)N(C)N. The van der Waals surface area contributed by atoms with E-state index in [1.54, 1.807) is 49.1 Å². The number of allylic oxidation sites excluding steroid dienone is 1. The summed E-state index contributed by atoms with van der Waals surface area (Å²) >= 11 is 0. The van der Waals surface area contributed by atoms with Gasteiger partial charge in [0, 0.05) is 49.1 Å². The smallest absolute Gasteiger partial charge is 0.335 e. The Balaban J connectivity index is 1.84. The van der Waals surface area contributed by atoms with Crippen molar-refractivity contribution in [1.29, 1.82) is 0 Å². The molecule has 186 valence electrons. The summed E-state index contributed by atoms with van der Waals surface area (Å²) in [6.45, 7) is 1.59. The molecule has 2 heterocycles. The average Bonchev–Trinajstić information content (AvgIpc) is 3.13. The Hall–Kier alpha value is -3.53. The highest BCUT2D eigenvalue weighted by Gasteiger charge is 2.44. The lowest BCUT2D eigenvalue weighted by atomic mass is 9.84. The van der Waals surface area contributed by atoms with Crippen LogP contribution in [0.5, 0.6) is 0 Å². The number of halogens is 3. The molecule has 4 rings (SSSR count). The number of nitrogens with two attached hydrogens (primary N) is 2. The number of pyridine rings is 1. The van der Waals surface area contributed by atoms with Gasteiger partial charge in [-0.25, -0.2) is 23.8 Å². The van der Waals surface area contributed by atoms with Crippen molar-refractivity contribution in [1.82, 2.24) is 14.6 Å². The number of alkyl halides is 3. The molecule has 5 N–H and O–H groups in total. The standard InChI is InChI=1S/C25H28F3N5O2/c1-15(29)22(32(2)30)18-11-20-21(31-12-18)19(16-3-5-17(6-4-16)23(34)35)13-33(20)14-24(26)7-9-25(27,28)10-8-24/h3-6,11-13H,7-10,14,29-30H2,1-2H3,(H,34,35)/b22-15-. The zero-order valence-corrected chi connectivity index (χ0v) is 19.6. The van der Waals surface area contributed by atoms with Gasteiger partial charge in [-0.1, -0.05) is 12.1 Å². The van der Waals surface area contributed by atoms with E-state index in [9.17, 15) is 18.7 Å². The molecule has 1 saturated carbocycles. The molecule has 0 amide bonds. The van der Waals surface area contributed by atoms with E-state index in [0.717, 1.165) is 0 Å². The van der Waals surface area contributed by atoms with Crippen LogP contribution in [0.15, 0.2) is 48.4 Å². The molecule has 2 aromatic heterocycles. The number of carboxylic acids is 1. The molecule has 1 aliphatic carbocycles. The van der Waals surface area contributed by atoms with E-state index >= 15 is 4.39 Å². The van der Waals surface area contributed by atoms with Crippen LogP contribution in [-0.4, -0.2) is 44.3 Å². The number of carbonyl (C=O) groups is 1. The first-order valence-electron chi connectivity index (χ1n) is 11.2. The Labute approximate surface area is 200 Å². The Morgan fingerprint density at radius 3 is 2.31 bits per heavy atom. The molecule has 0 saturated heterocycles. The lowest BCUT2D eigenvalue weighted by Crippen LogP contribution is -2.38. The summed E-state index contributed by atoms with van der Waals surface area (Å²) in [4.78, 5) is 15.8. The number of nitrogens with zero attached hydrogens (tertiary/aromatic N) is 3. The van der Waals surface area contributed by atoms with Gasteiger partial charge in [-0.05, 0) is 43.5 Å². The lowest BCUT2D eigenvalue weighted by molar-refractivity contribution is -0.0791. The van der Waals surface area contributed by atoms with E-state index in [4.69, 9.17) is 11.6 Å². The largest absolute Gasteiger partial charge is 0.478 e. The van der Waals surface area contributed by atoms with Crippen LogP contribution in [0.1, 0.15) is 48.5 Å². The number of hydrazine groups is 1. The van der Waals surface area contributed by atoms with Gasteiger partial charge in [0.25, 0.3) is 0 Å². The third kappa shape index (κ3) is 4.97. The molecule has 0 bridgehead atoms. The van der Waals surface area contributed by atoms with Crippen molar-refractivity contribution in [2.75, 3.05) is 7.05 Å². The number of aromatic carboxylic acids is 1. The molecule has 3 aromatic rings. The first-order chi connectivity index (χ1) is 16.4. The maximum Gasteiger partial charge on any atom is 0.335 e. The molecule has 0 unspecified atom stereocenters. The van der Waals surface area contributed by atoms with E-state index in [0.29, 0.717) is 39.1 Å². The molecule has 0 spiro atoms. The van der Waals surface area contributed by atoms with Gasteiger partial charge >= 0.3 is 5.97 Å². The zero-order valence-electron chi connectivity index (χ0n) is 19.6. The number of carboxylic acid groups (broad SMARTS) is 1. The fraction of sp³-hybridized carbons (Fsp3) is 0.360. The van der Waals surface area contributed by atoms with Crippen LogP contribution in [-0.2, 0) is 6.54 Å². The normalized spacial score (nSPS) is 17.8. The second-order valence-corrected chi connectivity index (χ2v) is 9.29. The molecule has 1 aliphatic rings. The number of benzene rings is 1. The Morgan fingerprint density at radius 1 is 1.14 bits per heavy atom. The van der Waals surface area contributed by atoms with E-state index in [2.05, 4.69) is 4.98 Å². The van der Waals surface area contributed by atoms with Gasteiger partial charge in [-0.3, -0.25) is 4.98 Å². The zero-order chi connectivity index (χ0) is 25.5. The second-order valence-electron chi connectivity index (χ2n) is 9.29. The molecule has 7 nitrogen and oxygen atoms in total. The highest BCUT2D eigenvalue weighted by molar-refractivity contribution is 5.95. The van der Waals surface area contributed by atoms with Crippen LogP contribution in [0.3, 0.4) is 0 Å². The second kappa shape index (κ2) is 8.92. The first-order valence-corrected chi connectivity index (χ1v) is 11.2. The van der Waals surface area contributed by atoms with Gasteiger partial charge in [0.1, 0.15) is 5.67 Å². The predicted octanol–water partition coefficient (Wildman–Crippen LogP) is 4.77. The molecular formula is C25H28F3N5O2. The van der Waals surface area contributed by atoms with E-state index in [1.165, 1.54) is 17.1 Å². The number of hydrogen-bond donors (Lipinski definition) is 3. The van der Waals surface area contributed by atoms with Crippen LogP contribution in [0.25, 0.3) is 27.9 Å². The van der Waals surface area contributed by atoms with Crippen LogP contribution >= 0.6 is 0 Å².